The Morgan fingerprint density at radius 2 is 2.05 bits per heavy atom. The number of amides is 3. The molecule has 110 valence electrons. The van der Waals surface area contributed by atoms with Crippen molar-refractivity contribution in [1.29, 1.82) is 0 Å². The minimum Gasteiger partial charge on any atom is -0.352 e. The standard InChI is InChI=1S/C14H20BrN3O2/c1-4-8(2)12(18-14(16)20)13(19)17-10-5-6-11(15)9(3)7-10/h5-8,12H,4H2,1-3H3,(H,17,19)(H3,16,18,20). The number of halogens is 1. The van der Waals surface area contributed by atoms with Gasteiger partial charge < -0.3 is 16.4 Å². The lowest BCUT2D eigenvalue weighted by atomic mass is 9.98. The molecule has 3 amide bonds. The van der Waals surface area contributed by atoms with E-state index < -0.39 is 12.1 Å². The lowest BCUT2D eigenvalue weighted by Crippen LogP contribution is -2.49. The van der Waals surface area contributed by atoms with Crippen LogP contribution in [0.15, 0.2) is 22.7 Å². The zero-order valence-corrected chi connectivity index (χ0v) is 13.5. The Balaban J connectivity index is 2.84. The fourth-order valence-electron chi connectivity index (χ4n) is 1.80. The van der Waals surface area contributed by atoms with E-state index >= 15 is 0 Å². The highest BCUT2D eigenvalue weighted by molar-refractivity contribution is 9.10. The molecular formula is C14H20BrN3O2. The number of benzene rings is 1. The molecule has 20 heavy (non-hydrogen) atoms. The van der Waals surface area contributed by atoms with Crippen molar-refractivity contribution in [1.82, 2.24) is 5.32 Å². The molecule has 4 N–H and O–H groups in total. The molecular weight excluding hydrogens is 322 g/mol. The minimum absolute atomic E-state index is 0.000884. The highest BCUT2D eigenvalue weighted by Gasteiger charge is 2.25. The van der Waals surface area contributed by atoms with Crippen LogP contribution in [0.5, 0.6) is 0 Å². The van der Waals surface area contributed by atoms with Gasteiger partial charge in [-0.25, -0.2) is 4.79 Å². The highest BCUT2D eigenvalue weighted by Crippen LogP contribution is 2.20. The second-order valence-electron chi connectivity index (χ2n) is 4.83. The summed E-state index contributed by atoms with van der Waals surface area (Å²) in [6.45, 7) is 5.79. The Kier molecular flexibility index (Phi) is 6.01. The number of rotatable bonds is 5. The van der Waals surface area contributed by atoms with Crippen molar-refractivity contribution in [3.05, 3.63) is 28.2 Å². The van der Waals surface area contributed by atoms with Gasteiger partial charge in [-0.2, -0.15) is 0 Å². The van der Waals surface area contributed by atoms with Gasteiger partial charge >= 0.3 is 6.03 Å². The highest BCUT2D eigenvalue weighted by atomic mass is 79.9. The molecule has 0 heterocycles. The summed E-state index contributed by atoms with van der Waals surface area (Å²) in [7, 11) is 0. The topological polar surface area (TPSA) is 84.2 Å². The van der Waals surface area contributed by atoms with E-state index in [1.165, 1.54) is 0 Å². The number of hydrogen-bond donors (Lipinski definition) is 3. The second kappa shape index (κ2) is 7.28. The molecule has 0 saturated heterocycles. The lowest BCUT2D eigenvalue weighted by Gasteiger charge is -2.22. The van der Waals surface area contributed by atoms with Crippen LogP contribution >= 0.6 is 15.9 Å². The molecule has 0 spiro atoms. The normalized spacial score (nSPS) is 13.4. The van der Waals surface area contributed by atoms with Gasteiger partial charge in [0.05, 0.1) is 0 Å². The number of anilines is 1. The van der Waals surface area contributed by atoms with Crippen molar-refractivity contribution in [2.24, 2.45) is 11.7 Å². The van der Waals surface area contributed by atoms with E-state index in [0.717, 1.165) is 16.5 Å². The van der Waals surface area contributed by atoms with E-state index in [-0.39, 0.29) is 11.8 Å². The van der Waals surface area contributed by atoms with Gasteiger partial charge in [-0.1, -0.05) is 36.2 Å². The van der Waals surface area contributed by atoms with Gasteiger partial charge in [0.15, 0.2) is 0 Å². The van der Waals surface area contributed by atoms with Crippen molar-refractivity contribution < 1.29 is 9.59 Å². The summed E-state index contributed by atoms with van der Waals surface area (Å²) < 4.78 is 0.976. The number of primary amides is 1. The van der Waals surface area contributed by atoms with Gasteiger partial charge in [-0.15, -0.1) is 0 Å². The van der Waals surface area contributed by atoms with Crippen molar-refractivity contribution in [3.63, 3.8) is 0 Å². The van der Waals surface area contributed by atoms with Gasteiger partial charge in [0.25, 0.3) is 0 Å². The van der Waals surface area contributed by atoms with E-state index in [2.05, 4.69) is 26.6 Å². The molecule has 0 saturated carbocycles. The summed E-state index contributed by atoms with van der Waals surface area (Å²) >= 11 is 3.41. The average molecular weight is 342 g/mol. The van der Waals surface area contributed by atoms with Crippen LogP contribution < -0.4 is 16.4 Å². The summed E-state index contributed by atoms with van der Waals surface area (Å²) in [5.74, 6) is -0.265. The van der Waals surface area contributed by atoms with E-state index in [4.69, 9.17) is 5.73 Å². The van der Waals surface area contributed by atoms with E-state index in [1.54, 1.807) is 6.07 Å². The Labute approximate surface area is 127 Å². The van der Waals surface area contributed by atoms with Crippen LogP contribution in [0.3, 0.4) is 0 Å². The fraction of sp³-hybridized carbons (Fsp3) is 0.429. The molecule has 0 radical (unpaired) electrons. The minimum atomic E-state index is -0.697. The molecule has 0 aliphatic rings. The van der Waals surface area contributed by atoms with Crippen molar-refractivity contribution >= 4 is 33.6 Å². The predicted molar refractivity (Wildman–Crippen MR) is 83.5 cm³/mol. The summed E-state index contributed by atoms with van der Waals surface area (Å²) in [5, 5.41) is 5.29. The Bertz CT molecular complexity index is 505. The first-order valence-corrected chi connectivity index (χ1v) is 7.27. The van der Waals surface area contributed by atoms with Gasteiger partial charge in [0.2, 0.25) is 5.91 Å². The summed E-state index contributed by atoms with van der Waals surface area (Å²) in [6, 6.07) is 4.19. The predicted octanol–water partition coefficient (Wildman–Crippen LogP) is 2.78. The molecule has 0 aromatic heterocycles. The molecule has 1 aromatic carbocycles. The Morgan fingerprint density at radius 3 is 2.55 bits per heavy atom. The summed E-state index contributed by atoms with van der Waals surface area (Å²) in [4.78, 5) is 23.3. The molecule has 1 rings (SSSR count). The number of urea groups is 1. The molecule has 2 unspecified atom stereocenters. The smallest absolute Gasteiger partial charge is 0.312 e. The van der Waals surface area contributed by atoms with Gasteiger partial charge in [0, 0.05) is 10.2 Å². The zero-order valence-electron chi connectivity index (χ0n) is 11.9. The maximum atomic E-state index is 12.3. The second-order valence-corrected chi connectivity index (χ2v) is 5.68. The fourth-order valence-corrected chi connectivity index (χ4v) is 2.04. The summed E-state index contributed by atoms with van der Waals surface area (Å²) in [6.07, 6.45) is 0.762. The van der Waals surface area contributed by atoms with Crippen LogP contribution in [0.2, 0.25) is 0 Å². The molecule has 0 bridgehead atoms. The van der Waals surface area contributed by atoms with Crippen LogP contribution in [-0.2, 0) is 4.79 Å². The maximum absolute atomic E-state index is 12.3. The first-order chi connectivity index (χ1) is 9.35. The zero-order chi connectivity index (χ0) is 15.3. The molecule has 0 aliphatic carbocycles. The SMILES string of the molecule is CCC(C)C(NC(N)=O)C(=O)Nc1ccc(Br)c(C)c1. The third-order valence-electron chi connectivity index (χ3n) is 3.22. The number of aryl methyl sites for hydroxylation is 1. The van der Waals surface area contributed by atoms with Gasteiger partial charge in [0.1, 0.15) is 6.04 Å². The first kappa shape index (κ1) is 16.5. The first-order valence-electron chi connectivity index (χ1n) is 6.48. The quantitative estimate of drug-likeness (QED) is 0.769. The molecule has 0 fully saturated rings. The monoisotopic (exact) mass is 341 g/mol. The molecule has 0 aliphatic heterocycles. The van der Waals surface area contributed by atoms with Crippen LogP contribution in [0, 0.1) is 12.8 Å². The molecule has 5 nitrogen and oxygen atoms in total. The van der Waals surface area contributed by atoms with Crippen LogP contribution in [0.25, 0.3) is 0 Å². The van der Waals surface area contributed by atoms with Crippen LogP contribution in [0.4, 0.5) is 10.5 Å². The van der Waals surface area contributed by atoms with E-state index in [9.17, 15) is 9.59 Å². The van der Waals surface area contributed by atoms with Gasteiger partial charge in [-0.05, 0) is 36.6 Å². The van der Waals surface area contributed by atoms with Crippen LogP contribution in [-0.4, -0.2) is 18.0 Å². The number of nitrogens with one attached hydrogen (secondary N) is 2. The number of hydrogen-bond acceptors (Lipinski definition) is 2. The van der Waals surface area contributed by atoms with Gasteiger partial charge in [-0.3, -0.25) is 4.79 Å². The maximum Gasteiger partial charge on any atom is 0.312 e. The van der Waals surface area contributed by atoms with E-state index in [1.807, 2.05) is 32.9 Å². The van der Waals surface area contributed by atoms with Crippen LogP contribution in [0.1, 0.15) is 25.8 Å². The third-order valence-corrected chi connectivity index (χ3v) is 4.11. The van der Waals surface area contributed by atoms with Crippen molar-refractivity contribution in [3.8, 4) is 0 Å². The van der Waals surface area contributed by atoms with Crippen molar-refractivity contribution in [2.75, 3.05) is 5.32 Å². The lowest BCUT2D eigenvalue weighted by molar-refractivity contribution is -0.119. The third kappa shape index (κ3) is 4.52. The molecule has 2 atom stereocenters. The van der Waals surface area contributed by atoms with Crippen molar-refractivity contribution in [2.45, 2.75) is 33.2 Å². The average Bonchev–Trinajstić information content (AvgIpc) is 2.39. The largest absolute Gasteiger partial charge is 0.352 e. The van der Waals surface area contributed by atoms with E-state index in [0.29, 0.717) is 5.69 Å². The summed E-state index contributed by atoms with van der Waals surface area (Å²) in [5.41, 5.74) is 6.83. The number of carbonyl (C=O) groups is 2. The Morgan fingerprint density at radius 1 is 1.40 bits per heavy atom. The Hall–Kier alpha value is -1.56. The molecule has 6 heteroatoms. The number of carbonyl (C=O) groups excluding carboxylic acids is 2. The number of nitrogens with two attached hydrogens (primary N) is 1. The molecule has 1 aromatic rings.